The molecule has 0 bridgehead atoms. The molecule has 52 heavy (non-hydrogen) atoms. The molecule has 0 aliphatic heterocycles. The van der Waals surface area contributed by atoms with E-state index in [4.69, 9.17) is 15.0 Å². The summed E-state index contributed by atoms with van der Waals surface area (Å²) in [5.41, 5.74) is 9.68. The van der Waals surface area contributed by atoms with Crippen molar-refractivity contribution in [3.8, 4) is 23.0 Å². The van der Waals surface area contributed by atoms with Crippen molar-refractivity contribution in [2.75, 3.05) is 0 Å². The molecular formula is C46H51N5Pt. The fourth-order valence-corrected chi connectivity index (χ4v) is 7.46. The van der Waals surface area contributed by atoms with Gasteiger partial charge in [-0.05, 0) is 68.4 Å². The Morgan fingerprint density at radius 1 is 0.692 bits per heavy atom. The molecule has 7 aromatic rings. The summed E-state index contributed by atoms with van der Waals surface area (Å²) in [6.07, 6.45) is 5.92. The zero-order chi connectivity index (χ0) is 36.5. The average molecular weight is 869 g/mol. The summed E-state index contributed by atoms with van der Waals surface area (Å²) < 4.78 is 4.53. The Bertz CT molecular complexity index is 2350. The first kappa shape index (κ1) is 37.5. The third-order valence-electron chi connectivity index (χ3n) is 11.4. The van der Waals surface area contributed by atoms with E-state index in [-0.39, 0.29) is 37.3 Å². The number of para-hydroxylation sites is 2. The standard InChI is InChI=1S/C46H51N5.Pt/c1-29(2)33-16-14-17-34(30(3)4)42(33)50-26-25-48-43(50)37-21-22-40(49-37)46(10,11)45(8,9)32-19-20-36-35-15-12-13-18-38(35)51(39(36)27-32)41-28-31(23-24-47-41)44(5,6)7;/h12-26,28-30H,1-11H3;/q-2;+2. The Kier molecular flexibility index (Phi) is 9.85. The fraction of sp³-hybridized carbons (Fsp3) is 0.348. The second-order valence-electron chi connectivity index (χ2n) is 16.8. The van der Waals surface area contributed by atoms with Crippen LogP contribution >= 0.6 is 0 Å². The number of pyridine rings is 1. The van der Waals surface area contributed by atoms with Crippen LogP contribution in [-0.2, 0) is 37.3 Å². The SMILES string of the molecule is CC(C)c1cccc(C(C)C)c1-n1ccnc1-c1ccc(C(C)(C)C(C)(C)c2[c-]c3c(cc2)c2ccccc2n3-c2cc(C(C)(C)C)ccn2)[n-]1.[Pt+2]. The molecule has 0 radical (unpaired) electrons. The molecule has 3 aromatic carbocycles. The monoisotopic (exact) mass is 868 g/mol. The Hall–Kier alpha value is -4.21. The normalized spacial score (nSPS) is 12.7. The first-order chi connectivity index (χ1) is 24.1. The second-order valence-corrected chi connectivity index (χ2v) is 16.8. The molecule has 0 spiro atoms. The molecule has 0 atom stereocenters. The summed E-state index contributed by atoms with van der Waals surface area (Å²) in [6.45, 7) is 25.0. The van der Waals surface area contributed by atoms with Crippen molar-refractivity contribution in [3.05, 3.63) is 131 Å². The molecule has 0 saturated carbocycles. The Balaban J connectivity index is 0.00000464. The molecule has 5 nitrogen and oxygen atoms in total. The molecule has 7 rings (SSSR count). The third kappa shape index (κ3) is 6.19. The first-order valence-electron chi connectivity index (χ1n) is 18.3. The van der Waals surface area contributed by atoms with E-state index in [1.165, 1.54) is 33.2 Å². The van der Waals surface area contributed by atoms with Gasteiger partial charge in [0.05, 0.1) is 5.69 Å². The van der Waals surface area contributed by atoms with Crippen LogP contribution in [-0.4, -0.2) is 19.1 Å². The van der Waals surface area contributed by atoms with Crippen molar-refractivity contribution in [2.24, 2.45) is 0 Å². The van der Waals surface area contributed by atoms with Crippen LogP contribution in [0.4, 0.5) is 0 Å². The van der Waals surface area contributed by atoms with Gasteiger partial charge >= 0.3 is 21.1 Å². The average Bonchev–Trinajstić information content (AvgIpc) is 3.85. The number of aromatic nitrogens is 5. The second kappa shape index (κ2) is 13.6. The van der Waals surface area contributed by atoms with E-state index >= 15 is 0 Å². The number of benzene rings is 3. The van der Waals surface area contributed by atoms with Gasteiger partial charge < -0.3 is 14.1 Å². The molecule has 0 aliphatic rings. The molecule has 4 aromatic heterocycles. The van der Waals surface area contributed by atoms with Gasteiger partial charge in [0.2, 0.25) is 0 Å². The summed E-state index contributed by atoms with van der Waals surface area (Å²) >= 11 is 0. The predicted molar refractivity (Wildman–Crippen MR) is 213 cm³/mol. The maximum absolute atomic E-state index is 5.33. The van der Waals surface area contributed by atoms with E-state index in [9.17, 15) is 0 Å². The smallest absolute Gasteiger partial charge is 0.658 e. The minimum absolute atomic E-state index is 0. The van der Waals surface area contributed by atoms with Crippen LogP contribution in [0.3, 0.4) is 0 Å². The summed E-state index contributed by atoms with van der Waals surface area (Å²) in [5, 5.41) is 2.38. The number of nitrogens with zero attached hydrogens (tertiary/aromatic N) is 5. The quantitative estimate of drug-likeness (QED) is 0.143. The van der Waals surface area contributed by atoms with Crippen LogP contribution in [0.5, 0.6) is 0 Å². The largest absolute Gasteiger partial charge is 2.00 e. The van der Waals surface area contributed by atoms with Crippen LogP contribution in [0, 0.1) is 6.07 Å². The summed E-state index contributed by atoms with van der Waals surface area (Å²) in [5.74, 6) is 2.54. The van der Waals surface area contributed by atoms with Gasteiger partial charge in [-0.2, -0.15) is 29.5 Å². The zero-order valence-electron chi connectivity index (χ0n) is 32.4. The number of imidazole rings is 1. The minimum atomic E-state index is -0.340. The van der Waals surface area contributed by atoms with Gasteiger partial charge in [-0.15, -0.1) is 5.39 Å². The van der Waals surface area contributed by atoms with E-state index in [1.807, 2.05) is 12.4 Å². The van der Waals surface area contributed by atoms with Crippen LogP contribution < -0.4 is 4.98 Å². The van der Waals surface area contributed by atoms with Gasteiger partial charge in [-0.1, -0.05) is 136 Å². The van der Waals surface area contributed by atoms with Crippen molar-refractivity contribution in [1.29, 1.82) is 0 Å². The summed E-state index contributed by atoms with van der Waals surface area (Å²) in [6, 6.07) is 32.4. The predicted octanol–water partition coefficient (Wildman–Crippen LogP) is 11.6. The van der Waals surface area contributed by atoms with Crippen molar-refractivity contribution < 1.29 is 21.1 Å². The maximum atomic E-state index is 5.33. The fourth-order valence-electron chi connectivity index (χ4n) is 7.46. The van der Waals surface area contributed by atoms with Gasteiger partial charge in [-0.25, -0.2) is 9.97 Å². The van der Waals surface area contributed by atoms with Crippen molar-refractivity contribution in [1.82, 2.24) is 24.1 Å². The summed E-state index contributed by atoms with van der Waals surface area (Å²) in [7, 11) is 0. The van der Waals surface area contributed by atoms with Gasteiger partial charge in [0, 0.05) is 24.1 Å². The van der Waals surface area contributed by atoms with E-state index in [0.717, 1.165) is 39.6 Å². The van der Waals surface area contributed by atoms with Crippen LogP contribution in [0.1, 0.15) is 116 Å². The van der Waals surface area contributed by atoms with Crippen LogP contribution in [0.25, 0.3) is 44.8 Å². The maximum Gasteiger partial charge on any atom is 2.00 e. The zero-order valence-corrected chi connectivity index (χ0v) is 34.7. The molecule has 0 saturated heterocycles. The first-order valence-corrected chi connectivity index (χ1v) is 18.3. The molecule has 0 aliphatic carbocycles. The third-order valence-corrected chi connectivity index (χ3v) is 11.4. The van der Waals surface area contributed by atoms with E-state index in [2.05, 4.69) is 176 Å². The topological polar surface area (TPSA) is 49.7 Å². The van der Waals surface area contributed by atoms with E-state index < -0.39 is 0 Å². The molecule has 6 heteroatoms. The van der Waals surface area contributed by atoms with Crippen molar-refractivity contribution in [2.45, 2.75) is 104 Å². The van der Waals surface area contributed by atoms with Crippen LogP contribution in [0.2, 0.25) is 0 Å². The van der Waals surface area contributed by atoms with Gasteiger partial charge in [0.15, 0.2) is 0 Å². The molecule has 0 fully saturated rings. The summed E-state index contributed by atoms with van der Waals surface area (Å²) in [4.78, 5) is 15.1. The molecular weight excluding hydrogens is 818 g/mol. The number of hydrogen-bond acceptors (Lipinski definition) is 2. The minimum Gasteiger partial charge on any atom is -0.658 e. The van der Waals surface area contributed by atoms with Gasteiger partial charge in [-0.3, -0.25) is 0 Å². The molecule has 0 N–H and O–H groups in total. The number of rotatable bonds is 8. The van der Waals surface area contributed by atoms with Crippen LogP contribution in [0.15, 0.2) is 97.5 Å². The van der Waals surface area contributed by atoms with Crippen molar-refractivity contribution in [3.63, 3.8) is 0 Å². The van der Waals surface area contributed by atoms with Gasteiger partial charge in [0.25, 0.3) is 0 Å². The Morgan fingerprint density at radius 2 is 1.38 bits per heavy atom. The number of hydrogen-bond donors (Lipinski definition) is 0. The van der Waals surface area contributed by atoms with Crippen molar-refractivity contribution >= 4 is 21.8 Å². The number of fused-ring (bicyclic) bond motifs is 3. The molecule has 4 heterocycles. The Morgan fingerprint density at radius 3 is 2.06 bits per heavy atom. The Labute approximate surface area is 324 Å². The van der Waals surface area contributed by atoms with E-state index in [1.54, 1.807) is 0 Å². The van der Waals surface area contributed by atoms with Gasteiger partial charge in [0.1, 0.15) is 11.6 Å². The molecule has 0 amide bonds. The molecule has 270 valence electrons. The molecule has 0 unspecified atom stereocenters. The van der Waals surface area contributed by atoms with E-state index in [0.29, 0.717) is 11.8 Å².